The molecule has 2 saturated heterocycles. The largest absolute Gasteiger partial charge is 0.351 e. The van der Waals surface area contributed by atoms with Crippen LogP contribution in [0.4, 0.5) is 0 Å². The summed E-state index contributed by atoms with van der Waals surface area (Å²) in [6.07, 6.45) is 4.38. The normalized spacial score (nSPS) is 23.3. The molecular formula is C15H28ClN3O2. The molecule has 0 bridgehead atoms. The third-order valence-electron chi connectivity index (χ3n) is 4.39. The van der Waals surface area contributed by atoms with Gasteiger partial charge in [-0.15, -0.1) is 12.4 Å². The van der Waals surface area contributed by atoms with Crippen molar-refractivity contribution in [3.05, 3.63) is 0 Å². The number of piperidine rings is 1. The molecule has 2 aliphatic heterocycles. The number of amides is 2. The summed E-state index contributed by atoms with van der Waals surface area (Å²) in [5.74, 6) is 0.940. The van der Waals surface area contributed by atoms with Gasteiger partial charge in [0.1, 0.15) is 0 Å². The summed E-state index contributed by atoms with van der Waals surface area (Å²) in [7, 11) is 0. The Morgan fingerprint density at radius 3 is 2.62 bits per heavy atom. The third-order valence-corrected chi connectivity index (χ3v) is 4.39. The zero-order valence-electron chi connectivity index (χ0n) is 13.1. The predicted molar refractivity (Wildman–Crippen MR) is 85.5 cm³/mol. The van der Waals surface area contributed by atoms with Gasteiger partial charge in [0.2, 0.25) is 11.8 Å². The van der Waals surface area contributed by atoms with Crippen molar-refractivity contribution in [1.82, 2.24) is 15.5 Å². The van der Waals surface area contributed by atoms with E-state index in [1.807, 2.05) is 18.7 Å². The highest BCUT2D eigenvalue weighted by Gasteiger charge is 2.31. The number of carbonyl (C=O) groups excluding carboxylic acids is 2. The van der Waals surface area contributed by atoms with E-state index in [-0.39, 0.29) is 36.3 Å². The first-order valence-corrected chi connectivity index (χ1v) is 7.86. The van der Waals surface area contributed by atoms with Gasteiger partial charge in [-0.2, -0.15) is 0 Å². The molecule has 5 nitrogen and oxygen atoms in total. The fraction of sp³-hybridized carbons (Fsp3) is 0.867. The minimum absolute atomic E-state index is 0. The Morgan fingerprint density at radius 1 is 1.38 bits per heavy atom. The van der Waals surface area contributed by atoms with E-state index in [0.29, 0.717) is 25.3 Å². The van der Waals surface area contributed by atoms with Crippen LogP contribution in [0.15, 0.2) is 0 Å². The molecule has 2 amide bonds. The van der Waals surface area contributed by atoms with E-state index < -0.39 is 0 Å². The highest BCUT2D eigenvalue weighted by atomic mass is 35.5. The average molecular weight is 318 g/mol. The van der Waals surface area contributed by atoms with Gasteiger partial charge in [0.05, 0.1) is 6.04 Å². The molecule has 0 aliphatic carbocycles. The van der Waals surface area contributed by atoms with Crippen molar-refractivity contribution in [2.24, 2.45) is 5.92 Å². The Balaban J connectivity index is 0.00000220. The lowest BCUT2D eigenvalue weighted by molar-refractivity contribution is -0.129. The van der Waals surface area contributed by atoms with Crippen molar-refractivity contribution in [2.45, 2.75) is 58.0 Å². The topological polar surface area (TPSA) is 61.4 Å². The zero-order valence-corrected chi connectivity index (χ0v) is 13.9. The van der Waals surface area contributed by atoms with Crippen molar-refractivity contribution in [3.8, 4) is 0 Å². The number of carbonyl (C=O) groups is 2. The maximum atomic E-state index is 12.0. The molecule has 0 aromatic heterocycles. The molecule has 2 aliphatic rings. The number of rotatable bonds is 5. The second-order valence-corrected chi connectivity index (χ2v) is 6.34. The maximum absolute atomic E-state index is 12.0. The van der Waals surface area contributed by atoms with Crippen molar-refractivity contribution < 1.29 is 9.59 Å². The van der Waals surface area contributed by atoms with E-state index in [1.165, 1.54) is 12.8 Å². The van der Waals surface area contributed by atoms with Crippen molar-refractivity contribution in [2.75, 3.05) is 19.6 Å². The van der Waals surface area contributed by atoms with Crippen LogP contribution in [0, 0.1) is 5.92 Å². The molecule has 6 heteroatoms. The van der Waals surface area contributed by atoms with Gasteiger partial charge >= 0.3 is 0 Å². The van der Waals surface area contributed by atoms with E-state index in [2.05, 4.69) is 10.6 Å². The Labute approximate surface area is 133 Å². The predicted octanol–water partition coefficient (Wildman–Crippen LogP) is 1.31. The van der Waals surface area contributed by atoms with E-state index in [0.717, 1.165) is 19.5 Å². The molecule has 0 aromatic carbocycles. The van der Waals surface area contributed by atoms with Crippen molar-refractivity contribution >= 4 is 24.2 Å². The number of halogens is 1. The van der Waals surface area contributed by atoms with Crippen LogP contribution in [-0.4, -0.2) is 48.4 Å². The summed E-state index contributed by atoms with van der Waals surface area (Å²) in [5, 5.41) is 6.35. The first-order valence-electron chi connectivity index (χ1n) is 7.86. The van der Waals surface area contributed by atoms with Crippen molar-refractivity contribution in [1.29, 1.82) is 0 Å². The second kappa shape index (κ2) is 8.59. The summed E-state index contributed by atoms with van der Waals surface area (Å²) in [6, 6.07) is 0.226. The van der Waals surface area contributed by atoms with Gasteiger partial charge in [-0.05, 0) is 52.1 Å². The molecule has 0 radical (unpaired) electrons. The van der Waals surface area contributed by atoms with Gasteiger partial charge in [-0.1, -0.05) is 0 Å². The van der Waals surface area contributed by atoms with Gasteiger partial charge in [-0.3, -0.25) is 9.59 Å². The average Bonchev–Trinajstić information content (AvgIpc) is 2.78. The number of nitrogens with zero attached hydrogens (tertiary/aromatic N) is 1. The number of nitrogens with one attached hydrogen (secondary N) is 2. The maximum Gasteiger partial charge on any atom is 0.225 e. The van der Waals surface area contributed by atoms with Gasteiger partial charge in [0.15, 0.2) is 0 Å². The quantitative estimate of drug-likeness (QED) is 0.804. The Kier molecular flexibility index (Phi) is 7.46. The molecule has 0 aromatic rings. The van der Waals surface area contributed by atoms with Gasteiger partial charge in [0.25, 0.3) is 0 Å². The van der Waals surface area contributed by atoms with Crippen LogP contribution in [0.3, 0.4) is 0 Å². The second-order valence-electron chi connectivity index (χ2n) is 6.34. The van der Waals surface area contributed by atoms with Crippen LogP contribution < -0.4 is 10.6 Å². The Bertz CT molecular complexity index is 357. The van der Waals surface area contributed by atoms with Crippen LogP contribution >= 0.6 is 12.4 Å². The lowest BCUT2D eigenvalue weighted by atomic mass is 9.93. The Hall–Kier alpha value is -0.810. The van der Waals surface area contributed by atoms with E-state index >= 15 is 0 Å². The van der Waals surface area contributed by atoms with Crippen LogP contribution in [-0.2, 0) is 9.59 Å². The number of hydrogen-bond acceptors (Lipinski definition) is 3. The fourth-order valence-electron chi connectivity index (χ4n) is 3.13. The zero-order chi connectivity index (χ0) is 14.5. The van der Waals surface area contributed by atoms with Crippen LogP contribution in [0.1, 0.15) is 46.0 Å². The smallest absolute Gasteiger partial charge is 0.225 e. The standard InChI is InChI=1S/C15H27N3O2.ClH/c1-11(2)18-10-13(9-15(18)20)17-14(19)4-3-12-5-7-16-8-6-12;/h11-13,16H,3-10H2,1-2H3,(H,17,19);1H. The summed E-state index contributed by atoms with van der Waals surface area (Å²) < 4.78 is 0. The molecule has 2 heterocycles. The van der Waals surface area contributed by atoms with Crippen LogP contribution in [0.25, 0.3) is 0 Å². The minimum Gasteiger partial charge on any atom is -0.351 e. The van der Waals surface area contributed by atoms with E-state index in [4.69, 9.17) is 0 Å². The first-order chi connectivity index (χ1) is 9.56. The lowest BCUT2D eigenvalue weighted by Crippen LogP contribution is -2.39. The first kappa shape index (κ1) is 18.2. The Morgan fingerprint density at radius 2 is 2.05 bits per heavy atom. The molecule has 1 atom stereocenters. The third kappa shape index (κ3) is 5.47. The summed E-state index contributed by atoms with van der Waals surface area (Å²) in [4.78, 5) is 25.6. The molecule has 2 rings (SSSR count). The van der Waals surface area contributed by atoms with Gasteiger partial charge in [0, 0.05) is 25.4 Å². The fourth-order valence-corrected chi connectivity index (χ4v) is 3.13. The minimum atomic E-state index is 0. The monoisotopic (exact) mass is 317 g/mol. The SMILES string of the molecule is CC(C)N1CC(NC(=O)CCC2CCNCC2)CC1=O.Cl. The molecule has 0 saturated carbocycles. The molecule has 122 valence electrons. The van der Waals surface area contributed by atoms with E-state index in [9.17, 15) is 9.59 Å². The van der Waals surface area contributed by atoms with Crippen molar-refractivity contribution in [3.63, 3.8) is 0 Å². The number of likely N-dealkylation sites (tertiary alicyclic amines) is 1. The number of hydrogen-bond donors (Lipinski definition) is 2. The highest BCUT2D eigenvalue weighted by molar-refractivity contribution is 5.85. The summed E-state index contributed by atoms with van der Waals surface area (Å²) in [6.45, 7) is 6.84. The molecular weight excluding hydrogens is 290 g/mol. The summed E-state index contributed by atoms with van der Waals surface area (Å²) in [5.41, 5.74) is 0. The lowest BCUT2D eigenvalue weighted by Gasteiger charge is -2.23. The summed E-state index contributed by atoms with van der Waals surface area (Å²) >= 11 is 0. The molecule has 2 N–H and O–H groups in total. The van der Waals surface area contributed by atoms with Gasteiger partial charge < -0.3 is 15.5 Å². The van der Waals surface area contributed by atoms with E-state index in [1.54, 1.807) is 0 Å². The molecule has 0 spiro atoms. The highest BCUT2D eigenvalue weighted by Crippen LogP contribution is 2.18. The van der Waals surface area contributed by atoms with Gasteiger partial charge in [-0.25, -0.2) is 0 Å². The molecule has 21 heavy (non-hydrogen) atoms. The molecule has 1 unspecified atom stereocenters. The van der Waals surface area contributed by atoms with Crippen LogP contribution in [0.2, 0.25) is 0 Å². The molecule has 2 fully saturated rings. The van der Waals surface area contributed by atoms with Crippen LogP contribution in [0.5, 0.6) is 0 Å².